The van der Waals surface area contributed by atoms with Crippen molar-refractivity contribution in [1.29, 1.82) is 0 Å². The Hall–Kier alpha value is -0.570. The van der Waals surface area contributed by atoms with Gasteiger partial charge >= 0.3 is 0 Å². The highest BCUT2D eigenvalue weighted by Gasteiger charge is 2.19. The van der Waals surface area contributed by atoms with Gasteiger partial charge in [0.2, 0.25) is 5.91 Å². The van der Waals surface area contributed by atoms with Crippen molar-refractivity contribution >= 4 is 5.91 Å². The molecule has 3 heteroatoms. The van der Waals surface area contributed by atoms with E-state index in [4.69, 9.17) is 5.73 Å². The van der Waals surface area contributed by atoms with Gasteiger partial charge in [-0.15, -0.1) is 0 Å². The first kappa shape index (κ1) is 9.52. The third-order valence-electron chi connectivity index (χ3n) is 2.59. The SMILES string of the molecule is CC(CN)C(=O)NCC1CCC1. The van der Waals surface area contributed by atoms with Crippen molar-refractivity contribution in [2.24, 2.45) is 17.6 Å². The Kier molecular flexibility index (Phi) is 3.53. The molecule has 0 aliphatic heterocycles. The monoisotopic (exact) mass is 170 g/mol. The zero-order valence-corrected chi connectivity index (χ0v) is 7.68. The summed E-state index contributed by atoms with van der Waals surface area (Å²) in [6.07, 6.45) is 3.88. The van der Waals surface area contributed by atoms with Crippen LogP contribution in [0.1, 0.15) is 26.2 Å². The molecular weight excluding hydrogens is 152 g/mol. The number of rotatable bonds is 4. The first-order valence-corrected chi connectivity index (χ1v) is 4.71. The summed E-state index contributed by atoms with van der Waals surface area (Å²) in [4.78, 5) is 11.2. The molecule has 1 aliphatic rings. The van der Waals surface area contributed by atoms with Gasteiger partial charge in [0.25, 0.3) is 0 Å². The molecule has 0 spiro atoms. The summed E-state index contributed by atoms with van der Waals surface area (Å²) < 4.78 is 0. The first-order valence-electron chi connectivity index (χ1n) is 4.71. The number of nitrogens with two attached hydrogens (primary N) is 1. The zero-order chi connectivity index (χ0) is 8.97. The second kappa shape index (κ2) is 4.45. The van der Waals surface area contributed by atoms with Crippen LogP contribution in [0.15, 0.2) is 0 Å². The molecule has 3 nitrogen and oxygen atoms in total. The molecule has 1 rings (SSSR count). The summed E-state index contributed by atoms with van der Waals surface area (Å²) in [5.41, 5.74) is 5.36. The van der Waals surface area contributed by atoms with E-state index in [1.807, 2.05) is 6.92 Å². The number of amides is 1. The fraction of sp³-hybridized carbons (Fsp3) is 0.889. The number of hydrogen-bond donors (Lipinski definition) is 2. The number of carbonyl (C=O) groups excluding carboxylic acids is 1. The molecule has 0 aromatic rings. The molecule has 3 N–H and O–H groups in total. The molecule has 1 atom stereocenters. The van der Waals surface area contributed by atoms with Crippen molar-refractivity contribution < 1.29 is 4.79 Å². The minimum atomic E-state index is -0.0370. The summed E-state index contributed by atoms with van der Waals surface area (Å²) in [5, 5.41) is 2.92. The van der Waals surface area contributed by atoms with E-state index in [1.165, 1.54) is 19.3 Å². The summed E-state index contributed by atoms with van der Waals surface area (Å²) in [6, 6.07) is 0. The molecule has 0 aromatic heterocycles. The Labute approximate surface area is 73.7 Å². The summed E-state index contributed by atoms with van der Waals surface area (Å²) in [6.45, 7) is 3.15. The third-order valence-corrected chi connectivity index (χ3v) is 2.59. The third kappa shape index (κ3) is 2.48. The van der Waals surface area contributed by atoms with Gasteiger partial charge in [-0.1, -0.05) is 13.3 Å². The molecule has 1 unspecified atom stereocenters. The molecule has 0 bridgehead atoms. The van der Waals surface area contributed by atoms with Gasteiger partial charge in [-0.2, -0.15) is 0 Å². The van der Waals surface area contributed by atoms with Crippen LogP contribution in [0, 0.1) is 11.8 Å². The molecule has 1 fully saturated rings. The summed E-state index contributed by atoms with van der Waals surface area (Å²) in [5.74, 6) is 0.799. The minimum absolute atomic E-state index is 0.0370. The second-order valence-electron chi connectivity index (χ2n) is 3.68. The van der Waals surface area contributed by atoms with Gasteiger partial charge in [0.05, 0.1) is 0 Å². The smallest absolute Gasteiger partial charge is 0.224 e. The lowest BCUT2D eigenvalue weighted by atomic mass is 9.85. The number of nitrogens with one attached hydrogen (secondary N) is 1. The Bertz CT molecular complexity index is 155. The van der Waals surface area contributed by atoms with Crippen molar-refractivity contribution in [3.63, 3.8) is 0 Å². The van der Waals surface area contributed by atoms with E-state index in [-0.39, 0.29) is 11.8 Å². The van der Waals surface area contributed by atoms with E-state index in [0.717, 1.165) is 12.5 Å². The highest BCUT2D eigenvalue weighted by Crippen LogP contribution is 2.25. The van der Waals surface area contributed by atoms with Crippen LogP contribution in [0.5, 0.6) is 0 Å². The van der Waals surface area contributed by atoms with Crippen LogP contribution in [0.25, 0.3) is 0 Å². The quantitative estimate of drug-likeness (QED) is 0.645. The highest BCUT2D eigenvalue weighted by molar-refractivity contribution is 5.78. The van der Waals surface area contributed by atoms with Crippen LogP contribution in [-0.4, -0.2) is 19.0 Å². The molecule has 12 heavy (non-hydrogen) atoms. The maximum atomic E-state index is 11.2. The molecule has 1 aliphatic carbocycles. The predicted octanol–water partition coefficient (Wildman–Crippen LogP) is 0.497. The van der Waals surface area contributed by atoms with E-state index in [1.54, 1.807) is 0 Å². The lowest BCUT2D eigenvalue weighted by Gasteiger charge is -2.25. The Morgan fingerprint density at radius 3 is 2.75 bits per heavy atom. The maximum Gasteiger partial charge on any atom is 0.224 e. The largest absolute Gasteiger partial charge is 0.356 e. The average molecular weight is 170 g/mol. The van der Waals surface area contributed by atoms with E-state index in [2.05, 4.69) is 5.32 Å². The molecule has 0 radical (unpaired) electrons. The van der Waals surface area contributed by atoms with Gasteiger partial charge in [0.15, 0.2) is 0 Å². The number of hydrogen-bond acceptors (Lipinski definition) is 2. The van der Waals surface area contributed by atoms with Gasteiger partial charge in [-0.25, -0.2) is 0 Å². The fourth-order valence-corrected chi connectivity index (χ4v) is 1.22. The number of carbonyl (C=O) groups is 1. The van der Waals surface area contributed by atoms with Crippen LogP contribution in [-0.2, 0) is 4.79 Å². The molecule has 70 valence electrons. The van der Waals surface area contributed by atoms with Crippen LogP contribution in [0.2, 0.25) is 0 Å². The van der Waals surface area contributed by atoms with Crippen LogP contribution < -0.4 is 11.1 Å². The van der Waals surface area contributed by atoms with Crippen LogP contribution in [0.3, 0.4) is 0 Å². The van der Waals surface area contributed by atoms with E-state index in [9.17, 15) is 4.79 Å². The Morgan fingerprint density at radius 1 is 1.67 bits per heavy atom. The second-order valence-corrected chi connectivity index (χ2v) is 3.68. The van der Waals surface area contributed by atoms with Crippen LogP contribution >= 0.6 is 0 Å². The maximum absolute atomic E-state index is 11.2. The topological polar surface area (TPSA) is 55.1 Å². The van der Waals surface area contributed by atoms with Gasteiger partial charge < -0.3 is 11.1 Å². The Morgan fingerprint density at radius 2 is 2.33 bits per heavy atom. The van der Waals surface area contributed by atoms with E-state index in [0.29, 0.717) is 6.54 Å². The van der Waals surface area contributed by atoms with E-state index >= 15 is 0 Å². The highest BCUT2D eigenvalue weighted by atomic mass is 16.1. The van der Waals surface area contributed by atoms with Gasteiger partial charge in [0.1, 0.15) is 0 Å². The zero-order valence-electron chi connectivity index (χ0n) is 7.68. The van der Waals surface area contributed by atoms with Gasteiger partial charge in [0, 0.05) is 19.0 Å². The molecule has 0 heterocycles. The molecule has 1 saturated carbocycles. The Balaban J connectivity index is 2.08. The van der Waals surface area contributed by atoms with Gasteiger partial charge in [-0.05, 0) is 18.8 Å². The summed E-state index contributed by atoms with van der Waals surface area (Å²) >= 11 is 0. The normalized spacial score (nSPS) is 19.8. The molecule has 1 amide bonds. The van der Waals surface area contributed by atoms with Crippen LogP contribution in [0.4, 0.5) is 0 Å². The first-order chi connectivity index (χ1) is 5.74. The van der Waals surface area contributed by atoms with Crippen molar-refractivity contribution in [3.8, 4) is 0 Å². The van der Waals surface area contributed by atoms with Crippen molar-refractivity contribution in [2.45, 2.75) is 26.2 Å². The fourth-order valence-electron chi connectivity index (χ4n) is 1.22. The van der Waals surface area contributed by atoms with E-state index < -0.39 is 0 Å². The average Bonchev–Trinajstić information content (AvgIpc) is 2.00. The van der Waals surface area contributed by atoms with Gasteiger partial charge in [-0.3, -0.25) is 4.79 Å². The predicted molar refractivity (Wildman–Crippen MR) is 48.6 cm³/mol. The van der Waals surface area contributed by atoms with Crippen molar-refractivity contribution in [1.82, 2.24) is 5.32 Å². The molecule has 0 saturated heterocycles. The molecular formula is C9H18N2O. The lowest BCUT2D eigenvalue weighted by Crippen LogP contribution is -2.37. The summed E-state index contributed by atoms with van der Waals surface area (Å²) in [7, 11) is 0. The van der Waals surface area contributed by atoms with Crippen molar-refractivity contribution in [3.05, 3.63) is 0 Å². The molecule has 0 aromatic carbocycles. The minimum Gasteiger partial charge on any atom is -0.356 e. The van der Waals surface area contributed by atoms with Crippen molar-refractivity contribution in [2.75, 3.05) is 13.1 Å². The lowest BCUT2D eigenvalue weighted by molar-refractivity contribution is -0.124. The standard InChI is InChI=1S/C9H18N2O/c1-7(5-10)9(12)11-6-8-3-2-4-8/h7-8H,2-6,10H2,1H3,(H,11,12).